The lowest BCUT2D eigenvalue weighted by Crippen LogP contribution is -2.37. The van der Waals surface area contributed by atoms with Crippen molar-refractivity contribution in [3.05, 3.63) is 27.9 Å². The van der Waals surface area contributed by atoms with Crippen molar-refractivity contribution >= 4 is 28.6 Å². The van der Waals surface area contributed by atoms with Gasteiger partial charge in [-0.3, -0.25) is 4.79 Å². The summed E-state index contributed by atoms with van der Waals surface area (Å²) in [4.78, 5) is 19.8. The van der Waals surface area contributed by atoms with Gasteiger partial charge in [0.1, 0.15) is 9.88 Å². The van der Waals surface area contributed by atoms with Crippen molar-refractivity contribution in [3.8, 4) is 10.6 Å². The molecule has 0 aromatic carbocycles. The highest BCUT2D eigenvalue weighted by atomic mass is 32.1. The Bertz CT molecular complexity index is 605. The average Bonchev–Trinajstić information content (AvgIpc) is 3.18. The molecule has 2 fully saturated rings. The van der Waals surface area contributed by atoms with E-state index in [1.807, 2.05) is 5.38 Å². The number of amides is 1. The first-order valence-electron chi connectivity index (χ1n) is 6.60. The maximum absolute atomic E-state index is 12.5. The van der Waals surface area contributed by atoms with Crippen molar-refractivity contribution in [1.29, 1.82) is 0 Å². The summed E-state index contributed by atoms with van der Waals surface area (Å²) in [6.07, 6.45) is 5.44. The van der Waals surface area contributed by atoms with Gasteiger partial charge in [0.05, 0.1) is 6.20 Å². The Morgan fingerprint density at radius 3 is 3.05 bits per heavy atom. The maximum Gasteiger partial charge on any atom is 0.265 e. The molecule has 1 aliphatic carbocycles. The molecule has 2 atom stereocenters. The van der Waals surface area contributed by atoms with Crippen molar-refractivity contribution in [3.63, 3.8) is 0 Å². The van der Waals surface area contributed by atoms with Crippen molar-refractivity contribution < 1.29 is 4.79 Å². The van der Waals surface area contributed by atoms with Crippen molar-refractivity contribution in [2.24, 2.45) is 5.92 Å². The Balaban J connectivity index is 1.58. The first-order valence-corrected chi connectivity index (χ1v) is 8.36. The molecule has 1 aliphatic heterocycles. The fourth-order valence-electron chi connectivity index (χ4n) is 3.21. The highest BCUT2D eigenvalue weighted by Gasteiger charge is 2.40. The standard InChI is InChI=1S/C14H14N2OS2/c17-14(16-7-9-1-2-11(16)5-9)12-6-15-13(19-12)10-3-4-18-8-10/h3-4,6,8-9,11H,1-2,5,7H2. The third-order valence-corrected chi connectivity index (χ3v) is 5.87. The van der Waals surface area contributed by atoms with Gasteiger partial charge in [-0.25, -0.2) is 4.98 Å². The van der Waals surface area contributed by atoms with E-state index in [0.29, 0.717) is 6.04 Å². The SMILES string of the molecule is O=C(c1cnc(-c2ccsc2)s1)N1CC2CCC1C2. The molecule has 4 rings (SSSR count). The largest absolute Gasteiger partial charge is 0.335 e. The van der Waals surface area contributed by atoms with E-state index in [-0.39, 0.29) is 5.91 Å². The predicted octanol–water partition coefficient (Wildman–Crippen LogP) is 3.50. The van der Waals surface area contributed by atoms with Gasteiger partial charge in [-0.05, 0) is 36.6 Å². The van der Waals surface area contributed by atoms with Crippen LogP contribution in [-0.2, 0) is 0 Å². The monoisotopic (exact) mass is 290 g/mol. The minimum absolute atomic E-state index is 0.186. The average molecular weight is 290 g/mol. The zero-order chi connectivity index (χ0) is 12.8. The molecule has 3 nitrogen and oxygen atoms in total. The van der Waals surface area contributed by atoms with Gasteiger partial charge in [-0.2, -0.15) is 11.3 Å². The highest BCUT2D eigenvalue weighted by Crippen LogP contribution is 2.39. The summed E-state index contributed by atoms with van der Waals surface area (Å²) >= 11 is 3.18. The topological polar surface area (TPSA) is 33.2 Å². The van der Waals surface area contributed by atoms with Crippen molar-refractivity contribution in [2.75, 3.05) is 6.54 Å². The number of thiazole rings is 1. The van der Waals surface area contributed by atoms with E-state index in [9.17, 15) is 4.79 Å². The van der Waals surface area contributed by atoms with E-state index >= 15 is 0 Å². The first-order chi connectivity index (χ1) is 9.31. The maximum atomic E-state index is 12.5. The lowest BCUT2D eigenvalue weighted by atomic mass is 10.1. The third-order valence-electron chi connectivity index (χ3n) is 4.15. The van der Waals surface area contributed by atoms with Crippen LogP contribution in [0.15, 0.2) is 23.0 Å². The summed E-state index contributed by atoms with van der Waals surface area (Å²) in [5.41, 5.74) is 1.12. The molecular formula is C14H14N2OS2. The summed E-state index contributed by atoms with van der Waals surface area (Å²) < 4.78 is 0. The van der Waals surface area contributed by atoms with Gasteiger partial charge < -0.3 is 4.90 Å². The second-order valence-corrected chi connectivity index (χ2v) is 7.14. The number of hydrogen-bond donors (Lipinski definition) is 0. The van der Waals surface area contributed by atoms with Gasteiger partial charge in [0.15, 0.2) is 0 Å². The van der Waals surface area contributed by atoms with Gasteiger partial charge >= 0.3 is 0 Å². The number of hydrogen-bond acceptors (Lipinski definition) is 4. The smallest absolute Gasteiger partial charge is 0.265 e. The molecule has 0 spiro atoms. The zero-order valence-electron chi connectivity index (χ0n) is 10.4. The molecule has 2 aromatic heterocycles. The Morgan fingerprint density at radius 2 is 2.37 bits per heavy atom. The summed E-state index contributed by atoms with van der Waals surface area (Å²) in [7, 11) is 0. The normalized spacial score (nSPS) is 25.2. The molecule has 1 amide bonds. The van der Waals surface area contributed by atoms with E-state index in [0.717, 1.165) is 27.9 Å². The Hall–Kier alpha value is -1.20. The van der Waals surface area contributed by atoms with Crippen LogP contribution in [-0.4, -0.2) is 28.4 Å². The van der Waals surface area contributed by atoms with E-state index in [4.69, 9.17) is 0 Å². The molecule has 2 aromatic rings. The Morgan fingerprint density at radius 1 is 1.42 bits per heavy atom. The summed E-state index contributed by atoms with van der Waals surface area (Å²) in [6, 6.07) is 2.54. The highest BCUT2D eigenvalue weighted by molar-refractivity contribution is 7.17. The number of nitrogens with zero attached hydrogens (tertiary/aromatic N) is 2. The lowest BCUT2D eigenvalue weighted by molar-refractivity contribution is 0.0708. The molecule has 2 unspecified atom stereocenters. The van der Waals surface area contributed by atoms with Crippen LogP contribution >= 0.6 is 22.7 Å². The number of rotatable bonds is 2. The van der Waals surface area contributed by atoms with Crippen LogP contribution in [0.3, 0.4) is 0 Å². The first kappa shape index (κ1) is 11.6. The molecule has 5 heteroatoms. The third kappa shape index (κ3) is 1.92. The van der Waals surface area contributed by atoms with Crippen molar-refractivity contribution in [1.82, 2.24) is 9.88 Å². The number of piperidine rings is 1. The fourth-order valence-corrected chi connectivity index (χ4v) is 4.79. The minimum Gasteiger partial charge on any atom is -0.335 e. The molecule has 1 saturated carbocycles. The molecule has 98 valence electrons. The number of fused-ring (bicyclic) bond motifs is 2. The van der Waals surface area contributed by atoms with Crippen LogP contribution in [0.5, 0.6) is 0 Å². The summed E-state index contributed by atoms with van der Waals surface area (Å²) in [6.45, 7) is 0.954. The second kappa shape index (κ2) is 4.42. The minimum atomic E-state index is 0.186. The van der Waals surface area contributed by atoms with Crippen LogP contribution in [0.25, 0.3) is 10.6 Å². The van der Waals surface area contributed by atoms with Crippen LogP contribution < -0.4 is 0 Å². The number of carbonyl (C=O) groups excluding carboxylic acids is 1. The quantitative estimate of drug-likeness (QED) is 0.848. The molecule has 2 bridgehead atoms. The van der Waals surface area contributed by atoms with Crippen LogP contribution in [0.1, 0.15) is 28.9 Å². The van der Waals surface area contributed by atoms with Crippen LogP contribution in [0.2, 0.25) is 0 Å². The van der Waals surface area contributed by atoms with E-state index in [1.54, 1.807) is 17.5 Å². The Labute approximate surface area is 119 Å². The predicted molar refractivity (Wildman–Crippen MR) is 77.6 cm³/mol. The number of likely N-dealkylation sites (tertiary alicyclic amines) is 1. The number of carbonyl (C=O) groups is 1. The molecule has 19 heavy (non-hydrogen) atoms. The van der Waals surface area contributed by atoms with Crippen LogP contribution in [0.4, 0.5) is 0 Å². The number of aromatic nitrogens is 1. The lowest BCUT2D eigenvalue weighted by Gasteiger charge is -2.26. The molecule has 1 saturated heterocycles. The van der Waals surface area contributed by atoms with E-state index in [2.05, 4.69) is 21.3 Å². The summed E-state index contributed by atoms with van der Waals surface area (Å²) in [5, 5.41) is 5.07. The molecule has 0 radical (unpaired) electrons. The molecule has 0 N–H and O–H groups in total. The molecule has 2 aliphatic rings. The summed E-state index contributed by atoms with van der Waals surface area (Å²) in [5.74, 6) is 0.935. The van der Waals surface area contributed by atoms with Gasteiger partial charge in [0.25, 0.3) is 5.91 Å². The molecular weight excluding hydrogens is 276 g/mol. The van der Waals surface area contributed by atoms with Gasteiger partial charge in [-0.1, -0.05) is 0 Å². The van der Waals surface area contributed by atoms with Gasteiger partial charge in [0.2, 0.25) is 0 Å². The van der Waals surface area contributed by atoms with E-state index in [1.165, 1.54) is 30.6 Å². The van der Waals surface area contributed by atoms with Gasteiger partial charge in [0, 0.05) is 23.5 Å². The van der Waals surface area contributed by atoms with Crippen LogP contribution in [0, 0.1) is 5.92 Å². The second-order valence-electron chi connectivity index (χ2n) is 5.33. The fraction of sp³-hybridized carbons (Fsp3) is 0.429. The van der Waals surface area contributed by atoms with Crippen molar-refractivity contribution in [2.45, 2.75) is 25.3 Å². The van der Waals surface area contributed by atoms with Gasteiger partial charge in [-0.15, -0.1) is 11.3 Å². The number of thiophene rings is 1. The molecule has 3 heterocycles. The van der Waals surface area contributed by atoms with E-state index < -0.39 is 0 Å². The zero-order valence-corrected chi connectivity index (χ0v) is 12.0. The Kier molecular flexibility index (Phi) is 2.70.